The fraction of sp³-hybridized carbons (Fsp3) is 0.320. The molecule has 1 aromatic carbocycles. The molecule has 1 aliphatic carbocycles. The molecule has 1 N–H and O–H groups in total. The Bertz CT molecular complexity index is 1420. The maximum atomic E-state index is 11.5. The zero-order chi connectivity index (χ0) is 24.6. The Morgan fingerprint density at radius 1 is 1.20 bits per heavy atom. The Morgan fingerprint density at radius 2 is 2.03 bits per heavy atom. The normalized spacial score (nSPS) is 14.1. The molecule has 1 amide bonds. The molecule has 180 valence electrons. The predicted octanol–water partition coefficient (Wildman–Crippen LogP) is 3.95. The van der Waals surface area contributed by atoms with E-state index in [1.807, 2.05) is 29.7 Å². The topological polar surface area (TPSA) is 104 Å². The van der Waals surface area contributed by atoms with Crippen molar-refractivity contribution in [1.82, 2.24) is 29.8 Å². The van der Waals surface area contributed by atoms with E-state index in [2.05, 4.69) is 27.2 Å². The second kappa shape index (κ2) is 9.14. The summed E-state index contributed by atoms with van der Waals surface area (Å²) in [7, 11) is 1.56. The zero-order valence-corrected chi connectivity index (χ0v) is 20.5. The summed E-state index contributed by atoms with van der Waals surface area (Å²) in [4.78, 5) is 29.8. The van der Waals surface area contributed by atoms with Gasteiger partial charge in [-0.15, -0.1) is 0 Å². The number of hydrogen-bond donors (Lipinski definition) is 1. The van der Waals surface area contributed by atoms with E-state index in [0.717, 1.165) is 24.1 Å². The van der Waals surface area contributed by atoms with Crippen LogP contribution in [0.15, 0.2) is 42.9 Å². The number of fused-ring (bicyclic) bond motifs is 1. The lowest BCUT2D eigenvalue weighted by Gasteiger charge is -2.12. The first-order valence-corrected chi connectivity index (χ1v) is 11.7. The predicted molar refractivity (Wildman–Crippen MR) is 132 cm³/mol. The number of likely N-dealkylation sites (N-methyl/N-ethyl adjacent to an activating group) is 1. The van der Waals surface area contributed by atoms with Gasteiger partial charge >= 0.3 is 0 Å². The van der Waals surface area contributed by atoms with Gasteiger partial charge in [0, 0.05) is 18.8 Å². The third-order valence-corrected chi connectivity index (χ3v) is 6.23. The van der Waals surface area contributed by atoms with Gasteiger partial charge in [-0.25, -0.2) is 9.97 Å². The number of hydrogen-bond acceptors (Lipinski definition) is 7. The van der Waals surface area contributed by atoms with E-state index < -0.39 is 0 Å². The van der Waals surface area contributed by atoms with E-state index >= 15 is 0 Å². The van der Waals surface area contributed by atoms with E-state index in [4.69, 9.17) is 26.1 Å². The highest BCUT2D eigenvalue weighted by atomic mass is 35.5. The molecule has 1 aliphatic rings. The van der Waals surface area contributed by atoms with E-state index in [0.29, 0.717) is 45.7 Å². The third-order valence-electron chi connectivity index (χ3n) is 5.92. The van der Waals surface area contributed by atoms with Crippen LogP contribution in [0.1, 0.15) is 31.0 Å². The number of ether oxygens (including phenoxy) is 2. The number of benzene rings is 1. The van der Waals surface area contributed by atoms with Crippen LogP contribution in [-0.4, -0.2) is 49.7 Å². The van der Waals surface area contributed by atoms with Crippen molar-refractivity contribution in [3.63, 3.8) is 0 Å². The van der Waals surface area contributed by atoms with Crippen LogP contribution in [-0.2, 0) is 11.3 Å². The number of halogens is 1. The van der Waals surface area contributed by atoms with E-state index in [-0.39, 0.29) is 18.1 Å². The molecule has 1 saturated carbocycles. The number of rotatable bonds is 8. The second-order valence-electron chi connectivity index (χ2n) is 8.85. The Hall–Kier alpha value is -3.72. The molecular formula is C25H25ClN6O3. The molecule has 1 fully saturated rings. The molecule has 3 heterocycles. The number of nitrogens with zero attached hydrogens (tertiary/aromatic N) is 5. The van der Waals surface area contributed by atoms with Gasteiger partial charge in [-0.05, 0) is 62.6 Å². The van der Waals surface area contributed by atoms with Crippen LogP contribution >= 0.6 is 11.6 Å². The minimum atomic E-state index is -0.229. The van der Waals surface area contributed by atoms with Crippen molar-refractivity contribution in [2.45, 2.75) is 38.8 Å². The number of carbonyl (C=O) groups is 1. The van der Waals surface area contributed by atoms with Crippen molar-refractivity contribution < 1.29 is 14.3 Å². The average molecular weight is 493 g/mol. The number of imidazole rings is 1. The van der Waals surface area contributed by atoms with E-state index in [1.165, 1.54) is 6.33 Å². The minimum Gasteiger partial charge on any atom is -0.484 e. The van der Waals surface area contributed by atoms with Gasteiger partial charge in [0.1, 0.15) is 23.5 Å². The summed E-state index contributed by atoms with van der Waals surface area (Å²) in [6.07, 6.45) is 5.23. The third kappa shape index (κ3) is 4.90. The Morgan fingerprint density at radius 3 is 2.74 bits per heavy atom. The van der Waals surface area contributed by atoms with Crippen LogP contribution in [0.2, 0.25) is 5.02 Å². The van der Waals surface area contributed by atoms with Crippen LogP contribution in [0.25, 0.3) is 22.6 Å². The van der Waals surface area contributed by atoms with Gasteiger partial charge in [0.15, 0.2) is 17.8 Å². The maximum absolute atomic E-state index is 11.5. The van der Waals surface area contributed by atoms with Gasteiger partial charge < -0.3 is 19.4 Å². The quantitative estimate of drug-likeness (QED) is 0.397. The lowest BCUT2D eigenvalue weighted by Crippen LogP contribution is -2.24. The van der Waals surface area contributed by atoms with Crippen molar-refractivity contribution in [1.29, 1.82) is 0 Å². The number of pyridine rings is 1. The number of carbonyl (C=O) groups excluding carboxylic acids is 1. The summed E-state index contributed by atoms with van der Waals surface area (Å²) < 4.78 is 13.7. The molecule has 9 nitrogen and oxygen atoms in total. The van der Waals surface area contributed by atoms with Gasteiger partial charge in [-0.3, -0.25) is 9.78 Å². The molecule has 5 rings (SSSR count). The van der Waals surface area contributed by atoms with Gasteiger partial charge in [-0.1, -0.05) is 11.6 Å². The first kappa shape index (κ1) is 23.0. The fourth-order valence-electron chi connectivity index (χ4n) is 3.69. The van der Waals surface area contributed by atoms with E-state index in [9.17, 15) is 4.79 Å². The molecule has 0 unspecified atom stereocenters. The number of aromatic nitrogens is 5. The van der Waals surface area contributed by atoms with Crippen molar-refractivity contribution in [2.24, 2.45) is 0 Å². The molecule has 0 atom stereocenters. The molecule has 4 aromatic rings. The highest BCUT2D eigenvalue weighted by Crippen LogP contribution is 2.41. The molecule has 0 bridgehead atoms. The largest absolute Gasteiger partial charge is 0.484 e. The van der Waals surface area contributed by atoms with Gasteiger partial charge in [0.2, 0.25) is 5.88 Å². The van der Waals surface area contributed by atoms with Crippen molar-refractivity contribution in [3.8, 4) is 23.0 Å². The summed E-state index contributed by atoms with van der Waals surface area (Å²) in [5.74, 6) is 1.32. The van der Waals surface area contributed by atoms with Gasteiger partial charge in [-0.2, -0.15) is 4.98 Å². The highest BCUT2D eigenvalue weighted by molar-refractivity contribution is 6.33. The van der Waals surface area contributed by atoms with Crippen LogP contribution in [0.5, 0.6) is 11.6 Å². The first-order chi connectivity index (χ1) is 16.8. The zero-order valence-electron chi connectivity index (χ0n) is 19.7. The van der Waals surface area contributed by atoms with Crippen molar-refractivity contribution in [3.05, 3.63) is 59.1 Å². The van der Waals surface area contributed by atoms with Crippen LogP contribution < -0.4 is 14.8 Å². The van der Waals surface area contributed by atoms with Gasteiger partial charge in [0.05, 0.1) is 17.3 Å². The molecule has 0 aliphatic heterocycles. The van der Waals surface area contributed by atoms with Gasteiger partial charge in [0.25, 0.3) is 5.91 Å². The average Bonchev–Trinajstić information content (AvgIpc) is 3.46. The monoisotopic (exact) mass is 492 g/mol. The summed E-state index contributed by atoms with van der Waals surface area (Å²) in [6.45, 7) is 4.42. The lowest BCUT2D eigenvalue weighted by atomic mass is 10.2. The maximum Gasteiger partial charge on any atom is 0.257 e. The van der Waals surface area contributed by atoms with E-state index in [1.54, 1.807) is 25.4 Å². The molecule has 3 aromatic heterocycles. The molecule has 0 radical (unpaired) electrons. The molecule has 0 saturated heterocycles. The molecular weight excluding hydrogens is 468 g/mol. The fourth-order valence-corrected chi connectivity index (χ4v) is 3.95. The number of aryl methyl sites for hydroxylation is 1. The lowest BCUT2D eigenvalue weighted by molar-refractivity contribution is -0.122. The smallest absolute Gasteiger partial charge is 0.257 e. The second-order valence-corrected chi connectivity index (χ2v) is 9.26. The minimum absolute atomic E-state index is 0.0984. The SMILES string of the molecule is CNC(=O)COc1ccc(-c2nc3c(OC4(C)CC4)ncnc3n2Cc2cc(C)ccn2)c(Cl)c1. The number of nitrogens with one attached hydrogen (secondary N) is 1. The standard InChI is InChI=1S/C25H25ClN6O3/c1-15-6-9-28-16(10-15)12-32-22(18-5-4-17(11-19(18)26)34-13-20(33)27-3)31-21-23(32)29-14-30-24(21)35-25(2)7-8-25/h4-6,9-11,14H,7-8,12-13H2,1-3H3,(H,27,33). The summed E-state index contributed by atoms with van der Waals surface area (Å²) >= 11 is 6.68. The first-order valence-electron chi connectivity index (χ1n) is 11.3. The van der Waals surface area contributed by atoms with Crippen LogP contribution in [0.3, 0.4) is 0 Å². The molecule has 0 spiro atoms. The van der Waals surface area contributed by atoms with Crippen LogP contribution in [0.4, 0.5) is 0 Å². The molecule has 10 heteroatoms. The summed E-state index contributed by atoms with van der Waals surface area (Å²) in [6, 6.07) is 9.22. The van der Waals surface area contributed by atoms with Crippen molar-refractivity contribution in [2.75, 3.05) is 13.7 Å². The summed E-state index contributed by atoms with van der Waals surface area (Å²) in [5, 5.41) is 2.95. The Balaban J connectivity index is 1.59. The molecule has 35 heavy (non-hydrogen) atoms. The van der Waals surface area contributed by atoms with Crippen LogP contribution in [0, 0.1) is 6.92 Å². The Labute approximate surface area is 207 Å². The van der Waals surface area contributed by atoms with Crippen molar-refractivity contribution >= 4 is 28.7 Å². The highest BCUT2D eigenvalue weighted by Gasteiger charge is 2.41. The Kier molecular flexibility index (Phi) is 6.02. The number of amides is 1. The summed E-state index contributed by atoms with van der Waals surface area (Å²) in [5.41, 5.74) is 3.64.